The Labute approximate surface area is 190 Å². The van der Waals surface area contributed by atoms with Gasteiger partial charge >= 0.3 is 0 Å². The lowest BCUT2D eigenvalue weighted by Crippen LogP contribution is -2.46. The van der Waals surface area contributed by atoms with Gasteiger partial charge in [-0.05, 0) is 77.5 Å². The van der Waals surface area contributed by atoms with Gasteiger partial charge in [-0.2, -0.15) is 5.10 Å². The molecule has 2 aliphatic heterocycles. The van der Waals surface area contributed by atoms with Crippen LogP contribution in [0.3, 0.4) is 0 Å². The fourth-order valence-corrected chi connectivity index (χ4v) is 5.32. The molecular formula is C25H36N4O3. The number of rotatable bonds is 6. The summed E-state index contributed by atoms with van der Waals surface area (Å²) in [6, 6.07) is 5.39. The minimum absolute atomic E-state index is 0.199. The van der Waals surface area contributed by atoms with Gasteiger partial charge < -0.3 is 24.8 Å². The molecule has 5 rings (SSSR count). The lowest BCUT2D eigenvalue weighted by atomic mass is 9.91. The standard InChI is InChI=1S/C25H36N4O3/c1-16-13-19(11-12-26-16)28-15-18(14-27-28)21-9-10-23-22(24(21)32-20-5-4-6-20)8-7-17(2)29(23)25(30)31-3/h9-10,14-17,19-20,25-26,30H,4-8,11-13H2,1-3H3. The van der Waals surface area contributed by atoms with Crippen molar-refractivity contribution in [2.45, 2.75) is 89.4 Å². The third-order valence-electron chi connectivity index (χ3n) is 7.47. The van der Waals surface area contributed by atoms with E-state index in [1.54, 1.807) is 7.11 Å². The van der Waals surface area contributed by atoms with Crippen LogP contribution in [0.1, 0.15) is 64.0 Å². The number of benzene rings is 1. The number of hydrogen-bond donors (Lipinski definition) is 2. The molecule has 1 aromatic heterocycles. The zero-order valence-electron chi connectivity index (χ0n) is 19.5. The quantitative estimate of drug-likeness (QED) is 0.665. The van der Waals surface area contributed by atoms with E-state index in [0.717, 1.165) is 67.6 Å². The molecule has 2 fully saturated rings. The Kier molecular flexibility index (Phi) is 6.14. The predicted octanol–water partition coefficient (Wildman–Crippen LogP) is 3.86. The summed E-state index contributed by atoms with van der Waals surface area (Å²) in [4.78, 5) is 1.97. The summed E-state index contributed by atoms with van der Waals surface area (Å²) in [5.41, 5.74) is 4.39. The van der Waals surface area contributed by atoms with Crippen molar-refractivity contribution in [1.29, 1.82) is 0 Å². The highest BCUT2D eigenvalue weighted by Gasteiger charge is 2.33. The molecule has 174 valence electrons. The number of methoxy groups -OCH3 is 1. The molecule has 4 atom stereocenters. The molecular weight excluding hydrogens is 404 g/mol. The van der Waals surface area contributed by atoms with Crippen LogP contribution in [0.2, 0.25) is 0 Å². The second-order valence-electron chi connectivity index (χ2n) is 9.71. The molecule has 1 aliphatic carbocycles. The Hall–Kier alpha value is -2.09. The Morgan fingerprint density at radius 3 is 2.75 bits per heavy atom. The average molecular weight is 441 g/mol. The Balaban J connectivity index is 1.53. The maximum atomic E-state index is 10.5. The van der Waals surface area contributed by atoms with Crippen molar-refractivity contribution in [3.63, 3.8) is 0 Å². The van der Waals surface area contributed by atoms with Crippen molar-refractivity contribution in [2.75, 3.05) is 18.6 Å². The normalized spacial score (nSPS) is 27.0. The minimum Gasteiger partial charge on any atom is -0.489 e. The molecule has 7 nitrogen and oxygen atoms in total. The number of hydrogen-bond acceptors (Lipinski definition) is 6. The van der Waals surface area contributed by atoms with E-state index in [0.29, 0.717) is 12.1 Å². The highest BCUT2D eigenvalue weighted by molar-refractivity contribution is 5.77. The summed E-state index contributed by atoms with van der Waals surface area (Å²) in [6.07, 6.45) is 11.0. The smallest absolute Gasteiger partial charge is 0.237 e. The van der Waals surface area contributed by atoms with Crippen molar-refractivity contribution in [3.05, 3.63) is 30.1 Å². The van der Waals surface area contributed by atoms with Gasteiger partial charge in [0.05, 0.1) is 18.3 Å². The van der Waals surface area contributed by atoms with E-state index in [1.165, 1.54) is 12.0 Å². The third-order valence-corrected chi connectivity index (χ3v) is 7.47. The average Bonchev–Trinajstić information content (AvgIpc) is 3.25. The van der Waals surface area contributed by atoms with Crippen molar-refractivity contribution in [3.8, 4) is 16.9 Å². The zero-order chi connectivity index (χ0) is 22.2. The number of aromatic nitrogens is 2. The van der Waals surface area contributed by atoms with Crippen LogP contribution in [0.4, 0.5) is 5.69 Å². The second kappa shape index (κ2) is 9.04. The molecule has 7 heteroatoms. The molecule has 0 spiro atoms. The number of nitrogens with one attached hydrogen (secondary N) is 1. The van der Waals surface area contributed by atoms with Crippen LogP contribution in [0.5, 0.6) is 5.75 Å². The number of nitrogens with zero attached hydrogens (tertiary/aromatic N) is 3. The van der Waals surface area contributed by atoms with E-state index in [9.17, 15) is 5.11 Å². The van der Waals surface area contributed by atoms with Gasteiger partial charge in [0.15, 0.2) is 0 Å². The lowest BCUT2D eigenvalue weighted by Gasteiger charge is -2.40. The van der Waals surface area contributed by atoms with Gasteiger partial charge in [0, 0.05) is 47.8 Å². The van der Waals surface area contributed by atoms with Gasteiger partial charge in [-0.15, -0.1) is 0 Å². The van der Waals surface area contributed by atoms with Gasteiger partial charge in [0.1, 0.15) is 5.75 Å². The van der Waals surface area contributed by atoms with Gasteiger partial charge in [0.2, 0.25) is 6.41 Å². The van der Waals surface area contributed by atoms with E-state index in [1.807, 2.05) is 11.1 Å². The SMILES string of the molecule is COC(O)N1c2ccc(-c3cnn(C4CCNC(C)C4)c3)c(OC3CCC3)c2CCC1C. The van der Waals surface area contributed by atoms with E-state index in [-0.39, 0.29) is 12.1 Å². The Morgan fingerprint density at radius 2 is 2.03 bits per heavy atom. The number of ether oxygens (including phenoxy) is 2. The second-order valence-corrected chi connectivity index (χ2v) is 9.71. The predicted molar refractivity (Wildman–Crippen MR) is 125 cm³/mol. The number of aliphatic hydroxyl groups excluding tert-OH is 1. The number of anilines is 1. The van der Waals surface area contributed by atoms with Gasteiger partial charge in [-0.25, -0.2) is 0 Å². The summed E-state index contributed by atoms with van der Waals surface area (Å²) in [5, 5.41) is 18.8. The maximum Gasteiger partial charge on any atom is 0.237 e. The first kappa shape index (κ1) is 21.7. The van der Waals surface area contributed by atoms with Crippen LogP contribution in [0.25, 0.3) is 11.1 Å². The van der Waals surface area contributed by atoms with E-state index in [4.69, 9.17) is 14.6 Å². The molecule has 1 saturated carbocycles. The van der Waals surface area contributed by atoms with Gasteiger partial charge in [-0.3, -0.25) is 4.68 Å². The monoisotopic (exact) mass is 440 g/mol. The first-order valence-electron chi connectivity index (χ1n) is 12.1. The lowest BCUT2D eigenvalue weighted by molar-refractivity contribution is -0.0795. The first-order chi connectivity index (χ1) is 15.5. The highest BCUT2D eigenvalue weighted by atomic mass is 16.6. The number of aliphatic hydroxyl groups is 1. The molecule has 2 aromatic rings. The highest BCUT2D eigenvalue weighted by Crippen LogP contribution is 2.45. The molecule has 0 bridgehead atoms. The molecule has 1 aromatic carbocycles. The van der Waals surface area contributed by atoms with Gasteiger partial charge in [-0.1, -0.05) is 0 Å². The van der Waals surface area contributed by atoms with Crippen molar-refractivity contribution >= 4 is 5.69 Å². The zero-order valence-corrected chi connectivity index (χ0v) is 19.5. The van der Waals surface area contributed by atoms with E-state index < -0.39 is 6.41 Å². The van der Waals surface area contributed by atoms with Crippen molar-refractivity contribution in [1.82, 2.24) is 15.1 Å². The topological polar surface area (TPSA) is 71.8 Å². The summed E-state index contributed by atoms with van der Waals surface area (Å²) in [6.45, 7) is 5.41. The van der Waals surface area contributed by atoms with Crippen LogP contribution in [0.15, 0.2) is 24.5 Å². The van der Waals surface area contributed by atoms with Crippen LogP contribution in [0, 0.1) is 0 Å². The largest absolute Gasteiger partial charge is 0.489 e. The number of fused-ring (bicyclic) bond motifs is 1. The van der Waals surface area contributed by atoms with E-state index >= 15 is 0 Å². The number of piperidine rings is 1. The fraction of sp³-hybridized carbons (Fsp3) is 0.640. The van der Waals surface area contributed by atoms with Crippen LogP contribution < -0.4 is 15.0 Å². The minimum atomic E-state index is -0.962. The molecule has 0 radical (unpaired) electrons. The summed E-state index contributed by atoms with van der Waals surface area (Å²) < 4.78 is 14.0. The van der Waals surface area contributed by atoms with Crippen LogP contribution >= 0.6 is 0 Å². The van der Waals surface area contributed by atoms with E-state index in [2.05, 4.69) is 42.2 Å². The van der Waals surface area contributed by atoms with Crippen molar-refractivity contribution < 1.29 is 14.6 Å². The van der Waals surface area contributed by atoms with Crippen LogP contribution in [-0.2, 0) is 11.2 Å². The maximum absolute atomic E-state index is 10.5. The molecule has 0 amide bonds. The van der Waals surface area contributed by atoms with Crippen molar-refractivity contribution in [2.24, 2.45) is 0 Å². The molecule has 32 heavy (non-hydrogen) atoms. The first-order valence-corrected chi connectivity index (χ1v) is 12.1. The van der Waals surface area contributed by atoms with Crippen LogP contribution in [-0.4, -0.2) is 53.1 Å². The molecule has 4 unspecified atom stereocenters. The molecule has 1 saturated heterocycles. The fourth-order valence-electron chi connectivity index (χ4n) is 5.32. The Bertz CT molecular complexity index is 941. The molecule has 2 N–H and O–H groups in total. The Morgan fingerprint density at radius 1 is 1.19 bits per heavy atom. The van der Waals surface area contributed by atoms with Gasteiger partial charge in [0.25, 0.3) is 0 Å². The molecule has 3 heterocycles. The summed E-state index contributed by atoms with van der Waals surface area (Å²) >= 11 is 0. The third kappa shape index (κ3) is 4.02. The summed E-state index contributed by atoms with van der Waals surface area (Å²) in [7, 11) is 1.54. The summed E-state index contributed by atoms with van der Waals surface area (Å²) in [5.74, 6) is 0.964. The molecule has 3 aliphatic rings.